The number of allylic oxidation sites excluding steroid dienone is 4. The van der Waals surface area contributed by atoms with Gasteiger partial charge >= 0.3 is 0 Å². The number of nitrogen functional groups attached to an aromatic ring is 1. The summed E-state index contributed by atoms with van der Waals surface area (Å²) in [6.07, 6.45) is 4.61. The molecule has 0 radical (unpaired) electrons. The molecule has 0 saturated heterocycles. The quantitative estimate of drug-likeness (QED) is 0.0392. The number of carbonyl (C=O) groups is 2. The van der Waals surface area contributed by atoms with Crippen molar-refractivity contribution in [2.24, 2.45) is 5.84 Å². The minimum Gasteiger partial charge on any atom is -0.501 e. The third-order valence-electron chi connectivity index (χ3n) is 7.80. The standard InChI is InChI=1S/C22H17Br2Cl3N4.C12H15Cl3O4.C6H7BrN2/c1-14-10-17(28-30(14)19-6-2-4-15(23)11-19)8-9-18-13-21(22(25,26)27)31(29-18)20-7-3-5-16(24)12-20;1-8(16)6-9(18-2)4-5-10(19-3)7-11(17)12(13,14)15;7-5-2-1-3-6(4-5)9-8/h2-7,10-13H,8-9H2,1H3;6-7H,4-5H2,1-3H3;1-4,9H,8H2/b;9-6-,10-7-;. The molecule has 0 aliphatic carbocycles. The van der Waals surface area contributed by atoms with E-state index in [0.29, 0.717) is 36.5 Å². The number of rotatable bonds is 13. The fraction of sp³-hybridized carbons (Fsp3) is 0.250. The number of nitrogens with zero attached hydrogens (tertiary/aromatic N) is 4. The summed E-state index contributed by atoms with van der Waals surface area (Å²) in [6.45, 7) is 3.46. The molecular weight excluding hydrogens is 1080 g/mol. The van der Waals surface area contributed by atoms with E-state index in [0.717, 1.165) is 60.1 Å². The molecule has 0 aliphatic rings. The molecule has 2 heterocycles. The maximum atomic E-state index is 11.5. The molecule has 10 nitrogen and oxygen atoms in total. The molecule has 0 fully saturated rings. The molecule has 0 amide bonds. The minimum absolute atomic E-state index is 0.128. The average Bonchev–Trinajstić information content (AvgIpc) is 3.78. The van der Waals surface area contributed by atoms with Gasteiger partial charge < -0.3 is 14.9 Å². The molecule has 0 unspecified atom stereocenters. The molecule has 3 N–H and O–H groups in total. The predicted molar refractivity (Wildman–Crippen MR) is 251 cm³/mol. The van der Waals surface area contributed by atoms with Gasteiger partial charge in [0.05, 0.1) is 54.2 Å². The van der Waals surface area contributed by atoms with Gasteiger partial charge in [0.25, 0.3) is 3.79 Å². The van der Waals surface area contributed by atoms with Crippen molar-refractivity contribution in [2.45, 2.75) is 47.1 Å². The zero-order valence-electron chi connectivity index (χ0n) is 32.0. The van der Waals surface area contributed by atoms with Crippen LogP contribution in [0.4, 0.5) is 5.69 Å². The molecule has 0 saturated carbocycles. The highest BCUT2D eigenvalue weighted by molar-refractivity contribution is 9.11. The van der Waals surface area contributed by atoms with Crippen LogP contribution in [0.15, 0.2) is 122 Å². The number of ether oxygens (including phenoxy) is 2. The van der Waals surface area contributed by atoms with Crippen molar-refractivity contribution in [2.75, 3.05) is 19.6 Å². The number of benzene rings is 3. The summed E-state index contributed by atoms with van der Waals surface area (Å²) in [6, 6.07) is 27.3. The Morgan fingerprint density at radius 2 is 1.20 bits per heavy atom. The van der Waals surface area contributed by atoms with Crippen LogP contribution in [0.3, 0.4) is 0 Å². The zero-order chi connectivity index (χ0) is 43.9. The van der Waals surface area contributed by atoms with Crippen LogP contribution >= 0.6 is 117 Å². The van der Waals surface area contributed by atoms with E-state index in [9.17, 15) is 9.59 Å². The first-order chi connectivity index (χ1) is 27.7. The van der Waals surface area contributed by atoms with Gasteiger partial charge in [-0.2, -0.15) is 10.2 Å². The first kappa shape index (κ1) is 50.8. The maximum absolute atomic E-state index is 11.5. The van der Waals surface area contributed by atoms with Gasteiger partial charge in [-0.05, 0) is 93.4 Å². The van der Waals surface area contributed by atoms with Crippen LogP contribution in [0.5, 0.6) is 0 Å². The van der Waals surface area contributed by atoms with Crippen molar-refractivity contribution in [3.63, 3.8) is 0 Å². The van der Waals surface area contributed by atoms with Crippen molar-refractivity contribution in [3.05, 3.63) is 145 Å². The number of ketones is 2. The predicted octanol–water partition coefficient (Wildman–Crippen LogP) is 12.6. The summed E-state index contributed by atoms with van der Waals surface area (Å²) in [7, 11) is 2.86. The third kappa shape index (κ3) is 17.4. The Bertz CT molecular complexity index is 2250. The Kier molecular flexibility index (Phi) is 20.8. The van der Waals surface area contributed by atoms with Gasteiger partial charge in [-0.15, -0.1) is 0 Å². The highest BCUT2D eigenvalue weighted by atomic mass is 79.9. The lowest BCUT2D eigenvalue weighted by atomic mass is 10.2. The Labute approximate surface area is 398 Å². The number of nitrogens with two attached hydrogens (primary N) is 1. The number of aryl methyl sites for hydroxylation is 3. The monoisotopic (exact) mass is 1110 g/mol. The average molecular weight is 1120 g/mol. The van der Waals surface area contributed by atoms with E-state index in [1.807, 2.05) is 90.5 Å². The lowest BCUT2D eigenvalue weighted by Gasteiger charge is -2.13. The SMILES string of the molecule is CO/C(=C\C(C)=O)CC/C(=C/C(=O)C(Cl)(Cl)Cl)OC.Cc1cc(CCc2cc(C(Cl)(Cl)Cl)n(-c3cccc(Br)c3)n2)nn1-c1cccc(Br)c1.NNc1cccc(Br)c1. The Hall–Kier alpha value is -2.56. The fourth-order valence-electron chi connectivity index (χ4n) is 5.09. The summed E-state index contributed by atoms with van der Waals surface area (Å²) in [5, 5.41) is 9.46. The second-order valence-electron chi connectivity index (χ2n) is 12.3. The number of hydrogen-bond donors (Lipinski definition) is 2. The minimum atomic E-state index is -2.01. The van der Waals surface area contributed by atoms with Crippen molar-refractivity contribution >= 4 is 135 Å². The second kappa shape index (κ2) is 24.2. The molecule has 59 heavy (non-hydrogen) atoms. The van der Waals surface area contributed by atoms with Gasteiger partial charge in [-0.1, -0.05) is 136 Å². The largest absolute Gasteiger partial charge is 0.501 e. The van der Waals surface area contributed by atoms with E-state index in [2.05, 4.69) is 59.3 Å². The first-order valence-corrected chi connectivity index (χ1v) is 21.9. The second-order valence-corrected chi connectivity index (χ2v) is 19.6. The van der Waals surface area contributed by atoms with Crippen LogP contribution in [0, 0.1) is 6.92 Å². The lowest BCUT2D eigenvalue weighted by Crippen LogP contribution is -2.16. The number of carbonyl (C=O) groups excluding carboxylic acids is 2. The molecule has 0 spiro atoms. The molecule has 316 valence electrons. The van der Waals surface area contributed by atoms with E-state index < -0.39 is 13.4 Å². The highest BCUT2D eigenvalue weighted by Crippen LogP contribution is 2.40. The summed E-state index contributed by atoms with van der Waals surface area (Å²) in [4.78, 5) is 22.4. The number of halogens is 9. The van der Waals surface area contributed by atoms with Crippen LogP contribution < -0.4 is 11.3 Å². The number of aromatic nitrogens is 4. The number of alkyl halides is 6. The van der Waals surface area contributed by atoms with Gasteiger partial charge in [0.2, 0.25) is 9.58 Å². The van der Waals surface area contributed by atoms with E-state index in [1.54, 1.807) is 4.68 Å². The zero-order valence-corrected chi connectivity index (χ0v) is 41.3. The number of methoxy groups -OCH3 is 2. The van der Waals surface area contributed by atoms with Gasteiger partial charge in [-0.3, -0.25) is 15.4 Å². The molecular formula is C40H39Br3Cl6N6O4. The van der Waals surface area contributed by atoms with Crippen LogP contribution in [0.1, 0.15) is 42.5 Å². The molecule has 3 aromatic carbocycles. The van der Waals surface area contributed by atoms with E-state index >= 15 is 0 Å². The molecule has 19 heteroatoms. The van der Waals surface area contributed by atoms with E-state index in [4.69, 9.17) is 95.1 Å². The van der Waals surface area contributed by atoms with Gasteiger partial charge in [0.1, 0.15) is 0 Å². The Balaban J connectivity index is 0.000000281. The smallest absolute Gasteiger partial charge is 0.252 e. The van der Waals surface area contributed by atoms with Crippen LogP contribution in [0.25, 0.3) is 11.4 Å². The molecule has 5 aromatic rings. The summed E-state index contributed by atoms with van der Waals surface area (Å²) in [5.41, 5.74) is 8.64. The summed E-state index contributed by atoms with van der Waals surface area (Å²) in [5.74, 6) is 5.15. The molecule has 0 atom stereocenters. The van der Waals surface area contributed by atoms with Gasteiger partial charge in [0, 0.05) is 49.8 Å². The number of hydrogen-bond acceptors (Lipinski definition) is 8. The van der Waals surface area contributed by atoms with E-state index in [1.165, 1.54) is 27.2 Å². The van der Waals surface area contributed by atoms with Crippen LogP contribution in [-0.4, -0.2) is 49.1 Å². The van der Waals surface area contributed by atoms with Crippen molar-refractivity contribution < 1.29 is 19.1 Å². The van der Waals surface area contributed by atoms with Crippen LogP contribution in [0.2, 0.25) is 0 Å². The molecule has 0 aliphatic heterocycles. The first-order valence-electron chi connectivity index (χ1n) is 17.3. The summed E-state index contributed by atoms with van der Waals surface area (Å²) < 4.78 is 13.0. The lowest BCUT2D eigenvalue weighted by molar-refractivity contribution is -0.114. The fourth-order valence-corrected chi connectivity index (χ4v) is 6.83. The molecule has 5 rings (SSSR count). The summed E-state index contributed by atoms with van der Waals surface area (Å²) >= 11 is 45.3. The van der Waals surface area contributed by atoms with Crippen molar-refractivity contribution in [3.8, 4) is 11.4 Å². The van der Waals surface area contributed by atoms with Crippen molar-refractivity contribution in [1.82, 2.24) is 19.6 Å². The van der Waals surface area contributed by atoms with Crippen LogP contribution in [-0.2, 0) is 35.7 Å². The number of anilines is 1. The topological polar surface area (TPSA) is 126 Å². The third-order valence-corrected chi connectivity index (χ3v) is 10.4. The Morgan fingerprint density at radius 3 is 1.64 bits per heavy atom. The number of hydrazine groups is 1. The van der Waals surface area contributed by atoms with E-state index in [-0.39, 0.29) is 5.78 Å². The molecule has 0 bridgehead atoms. The Morgan fingerprint density at radius 1 is 0.729 bits per heavy atom. The van der Waals surface area contributed by atoms with Gasteiger partial charge in [0.15, 0.2) is 5.78 Å². The normalized spacial score (nSPS) is 11.8. The highest BCUT2D eigenvalue weighted by Gasteiger charge is 2.30. The molecule has 2 aromatic heterocycles. The maximum Gasteiger partial charge on any atom is 0.252 e. The number of nitrogens with one attached hydrogen (secondary N) is 1. The van der Waals surface area contributed by atoms with Crippen molar-refractivity contribution in [1.29, 1.82) is 0 Å². The van der Waals surface area contributed by atoms with Gasteiger partial charge in [-0.25, -0.2) is 9.36 Å².